The first-order valence-electron chi connectivity index (χ1n) is 5.37. The van der Waals surface area contributed by atoms with E-state index in [1.54, 1.807) is 6.92 Å². The Morgan fingerprint density at radius 3 is 2.93 bits per heavy atom. The quantitative estimate of drug-likeness (QED) is 0.800. The van der Waals surface area contributed by atoms with Crippen molar-refractivity contribution in [3.8, 4) is 0 Å². The number of anilines is 1. The van der Waals surface area contributed by atoms with Crippen LogP contribution in [0.25, 0.3) is 0 Å². The molecule has 1 aliphatic rings. The van der Waals surface area contributed by atoms with Crippen molar-refractivity contribution in [1.82, 2.24) is 4.37 Å². The van der Waals surface area contributed by atoms with E-state index in [0.29, 0.717) is 6.04 Å². The lowest BCUT2D eigenvalue weighted by Crippen LogP contribution is -2.06. The Morgan fingerprint density at radius 2 is 2.40 bits per heavy atom. The molecule has 0 aliphatic heterocycles. The van der Waals surface area contributed by atoms with Crippen molar-refractivity contribution >= 4 is 22.3 Å². The molecule has 15 heavy (non-hydrogen) atoms. The minimum Gasteiger partial charge on any atom is -0.372 e. The summed E-state index contributed by atoms with van der Waals surface area (Å²) in [5.41, 5.74) is 1.63. The van der Waals surface area contributed by atoms with Crippen molar-refractivity contribution in [3.63, 3.8) is 0 Å². The van der Waals surface area contributed by atoms with Crippen LogP contribution in [0, 0.1) is 12.8 Å². The third kappa shape index (κ3) is 2.04. The number of aromatic nitrogens is 1. The van der Waals surface area contributed by atoms with E-state index in [0.717, 1.165) is 22.2 Å². The number of hydrogen-bond donors (Lipinski definition) is 1. The van der Waals surface area contributed by atoms with Gasteiger partial charge in [-0.2, -0.15) is 4.37 Å². The molecule has 1 heterocycles. The van der Waals surface area contributed by atoms with Gasteiger partial charge in [-0.3, -0.25) is 4.79 Å². The second kappa shape index (κ2) is 3.93. The van der Waals surface area contributed by atoms with Crippen LogP contribution in [0.15, 0.2) is 0 Å². The van der Waals surface area contributed by atoms with Crippen molar-refractivity contribution in [2.24, 2.45) is 5.92 Å². The zero-order valence-electron chi connectivity index (χ0n) is 9.33. The first kappa shape index (κ1) is 10.6. The van der Waals surface area contributed by atoms with Gasteiger partial charge >= 0.3 is 0 Å². The maximum absolute atomic E-state index is 11.4. The van der Waals surface area contributed by atoms with Gasteiger partial charge in [0.15, 0.2) is 5.78 Å². The predicted octanol–water partition coefficient (Wildman–Crippen LogP) is 2.86. The highest BCUT2D eigenvalue weighted by Gasteiger charge is 2.36. The Balaban J connectivity index is 2.12. The number of nitrogens with zero attached hydrogens (tertiary/aromatic N) is 1. The topological polar surface area (TPSA) is 42.0 Å². The maximum atomic E-state index is 11.4. The number of rotatable bonds is 4. The van der Waals surface area contributed by atoms with E-state index >= 15 is 0 Å². The largest absolute Gasteiger partial charge is 0.372 e. The van der Waals surface area contributed by atoms with Crippen LogP contribution in [0.5, 0.6) is 0 Å². The summed E-state index contributed by atoms with van der Waals surface area (Å²) in [5, 5.41) is 4.38. The molecule has 1 aliphatic carbocycles. The maximum Gasteiger partial charge on any atom is 0.164 e. The van der Waals surface area contributed by atoms with E-state index in [4.69, 9.17) is 0 Å². The first-order chi connectivity index (χ1) is 7.13. The molecule has 1 aromatic heterocycles. The number of aryl methyl sites for hydroxylation is 1. The average molecular weight is 224 g/mol. The van der Waals surface area contributed by atoms with Gasteiger partial charge in [0.25, 0.3) is 0 Å². The van der Waals surface area contributed by atoms with Crippen LogP contribution in [0.2, 0.25) is 0 Å². The number of carbonyl (C=O) groups is 1. The SMILES string of the molecule is CCC1CC1Nc1snc(C)c1C(C)=O. The van der Waals surface area contributed by atoms with Gasteiger partial charge in [-0.1, -0.05) is 13.3 Å². The summed E-state index contributed by atoms with van der Waals surface area (Å²) in [5.74, 6) is 0.893. The first-order valence-corrected chi connectivity index (χ1v) is 6.14. The molecule has 2 atom stereocenters. The van der Waals surface area contributed by atoms with Crippen LogP contribution in [0.1, 0.15) is 42.7 Å². The fraction of sp³-hybridized carbons (Fsp3) is 0.636. The third-order valence-corrected chi connectivity index (χ3v) is 3.85. The molecule has 1 N–H and O–H groups in total. The second-order valence-electron chi connectivity index (χ2n) is 4.18. The van der Waals surface area contributed by atoms with Crippen molar-refractivity contribution in [2.45, 2.75) is 39.7 Å². The monoisotopic (exact) mass is 224 g/mol. The van der Waals surface area contributed by atoms with E-state index in [2.05, 4.69) is 16.6 Å². The van der Waals surface area contributed by atoms with E-state index in [9.17, 15) is 4.79 Å². The number of hydrogen-bond acceptors (Lipinski definition) is 4. The number of ketones is 1. The summed E-state index contributed by atoms with van der Waals surface area (Å²) >= 11 is 1.40. The molecule has 0 radical (unpaired) electrons. The van der Waals surface area contributed by atoms with Crippen LogP contribution in [0.4, 0.5) is 5.00 Å². The molecule has 2 rings (SSSR count). The minimum atomic E-state index is 0.109. The Bertz CT molecular complexity index is 386. The molecule has 3 nitrogen and oxygen atoms in total. The number of carbonyl (C=O) groups excluding carboxylic acids is 1. The summed E-state index contributed by atoms with van der Waals surface area (Å²) in [7, 11) is 0. The molecular formula is C11H16N2OS. The Labute approximate surface area is 94.1 Å². The van der Waals surface area contributed by atoms with Gasteiger partial charge in [0, 0.05) is 6.04 Å². The summed E-state index contributed by atoms with van der Waals surface area (Å²) in [4.78, 5) is 11.4. The standard InChI is InChI=1S/C11H16N2OS/c1-4-8-5-9(8)12-11-10(7(3)14)6(2)13-15-11/h8-9,12H,4-5H2,1-3H3. The lowest BCUT2D eigenvalue weighted by Gasteiger charge is -2.03. The Morgan fingerprint density at radius 1 is 1.67 bits per heavy atom. The molecule has 1 aromatic rings. The van der Waals surface area contributed by atoms with Gasteiger partial charge in [0.1, 0.15) is 5.00 Å². The van der Waals surface area contributed by atoms with Gasteiger partial charge in [-0.15, -0.1) is 0 Å². The minimum absolute atomic E-state index is 0.109. The van der Waals surface area contributed by atoms with Gasteiger partial charge in [0.05, 0.1) is 11.3 Å². The van der Waals surface area contributed by atoms with Gasteiger partial charge < -0.3 is 5.32 Å². The van der Waals surface area contributed by atoms with Gasteiger partial charge in [-0.25, -0.2) is 0 Å². The van der Waals surface area contributed by atoms with E-state index in [-0.39, 0.29) is 5.78 Å². The van der Waals surface area contributed by atoms with E-state index in [1.165, 1.54) is 24.4 Å². The highest BCUT2D eigenvalue weighted by atomic mass is 32.1. The van der Waals surface area contributed by atoms with Crippen LogP contribution >= 0.6 is 11.5 Å². The van der Waals surface area contributed by atoms with Crippen LogP contribution < -0.4 is 5.32 Å². The smallest absolute Gasteiger partial charge is 0.164 e. The second-order valence-corrected chi connectivity index (χ2v) is 4.96. The van der Waals surface area contributed by atoms with Crippen LogP contribution in [-0.2, 0) is 0 Å². The normalized spacial score (nSPS) is 23.9. The van der Waals surface area contributed by atoms with Gasteiger partial charge in [0.2, 0.25) is 0 Å². The van der Waals surface area contributed by atoms with Gasteiger partial charge in [-0.05, 0) is 37.7 Å². The molecule has 0 spiro atoms. The molecule has 0 bridgehead atoms. The molecule has 1 fully saturated rings. The zero-order chi connectivity index (χ0) is 11.0. The Hall–Kier alpha value is -0.900. The zero-order valence-corrected chi connectivity index (χ0v) is 10.1. The molecule has 1 saturated carbocycles. The van der Waals surface area contributed by atoms with Crippen molar-refractivity contribution in [3.05, 3.63) is 11.3 Å². The highest BCUT2D eigenvalue weighted by Crippen LogP contribution is 2.38. The fourth-order valence-electron chi connectivity index (χ4n) is 1.93. The Kier molecular flexibility index (Phi) is 2.78. The molecule has 0 aromatic carbocycles. The van der Waals surface area contributed by atoms with Crippen molar-refractivity contribution < 1.29 is 4.79 Å². The molecule has 4 heteroatoms. The lowest BCUT2D eigenvalue weighted by atomic mass is 10.2. The third-order valence-electron chi connectivity index (χ3n) is 2.98. The lowest BCUT2D eigenvalue weighted by molar-refractivity contribution is 0.101. The predicted molar refractivity (Wildman–Crippen MR) is 62.7 cm³/mol. The van der Waals surface area contributed by atoms with Crippen molar-refractivity contribution in [2.75, 3.05) is 5.32 Å². The highest BCUT2D eigenvalue weighted by molar-refractivity contribution is 7.10. The van der Waals surface area contributed by atoms with E-state index in [1.807, 2.05) is 6.92 Å². The average Bonchev–Trinajstić information content (AvgIpc) is 2.82. The summed E-state index contributed by atoms with van der Waals surface area (Å²) in [6, 6.07) is 0.563. The summed E-state index contributed by atoms with van der Waals surface area (Å²) in [6.07, 6.45) is 2.44. The molecular weight excluding hydrogens is 208 g/mol. The van der Waals surface area contributed by atoms with Crippen molar-refractivity contribution in [1.29, 1.82) is 0 Å². The summed E-state index contributed by atoms with van der Waals surface area (Å²) in [6.45, 7) is 5.70. The number of Topliss-reactive ketones (excluding diaryl/α,β-unsaturated/α-hetero) is 1. The number of nitrogens with one attached hydrogen (secondary N) is 1. The van der Waals surface area contributed by atoms with Crippen LogP contribution in [0.3, 0.4) is 0 Å². The van der Waals surface area contributed by atoms with Crippen LogP contribution in [-0.4, -0.2) is 16.2 Å². The fourth-order valence-corrected chi connectivity index (χ4v) is 2.83. The molecule has 0 amide bonds. The molecule has 2 unspecified atom stereocenters. The molecule has 0 saturated heterocycles. The van der Waals surface area contributed by atoms with E-state index < -0.39 is 0 Å². The molecule has 82 valence electrons. The summed E-state index contributed by atoms with van der Waals surface area (Å²) < 4.78 is 4.23.